The monoisotopic (exact) mass is 1030 g/mol. The fraction of sp³-hybridized carbons (Fsp3) is 0. The van der Waals surface area contributed by atoms with Crippen molar-refractivity contribution in [3.63, 3.8) is 0 Å². The van der Waals surface area contributed by atoms with Crippen molar-refractivity contribution in [2.24, 2.45) is 0 Å². The van der Waals surface area contributed by atoms with Gasteiger partial charge in [-0.1, -0.05) is 273 Å². The zero-order chi connectivity index (χ0) is 55.2. The second kappa shape index (κ2) is 24.7. The van der Waals surface area contributed by atoms with Crippen molar-refractivity contribution >= 4 is 39.5 Å². The zero-order valence-corrected chi connectivity index (χ0v) is 43.3. The maximum absolute atomic E-state index is 14.0. The van der Waals surface area contributed by atoms with Crippen LogP contribution in [0.15, 0.2) is 297 Å². The number of benzene rings is 11. The quantitative estimate of drug-likeness (QED) is 0.0729. The molecule has 0 amide bonds. The first-order valence-corrected chi connectivity index (χ1v) is 25.9. The van der Waals surface area contributed by atoms with Gasteiger partial charge in [0.25, 0.3) is 11.4 Å². The van der Waals surface area contributed by atoms with E-state index in [1.165, 1.54) is 12.1 Å². The van der Waals surface area contributed by atoms with E-state index in [1.807, 2.05) is 170 Å². The molecular formula is C73H50N2O5. The van der Waals surface area contributed by atoms with Crippen molar-refractivity contribution in [2.45, 2.75) is 0 Å². The number of nitro benzene ring substituents is 2. The van der Waals surface area contributed by atoms with Crippen LogP contribution in [0.4, 0.5) is 11.4 Å². The number of ketones is 1. The van der Waals surface area contributed by atoms with Crippen LogP contribution >= 0.6 is 0 Å². The minimum atomic E-state index is -0.491. The molecule has 0 bridgehead atoms. The van der Waals surface area contributed by atoms with Crippen LogP contribution in [0.25, 0.3) is 77.9 Å². The van der Waals surface area contributed by atoms with E-state index in [4.69, 9.17) is 6.42 Å². The largest absolute Gasteiger partial charge is 0.289 e. The number of carbonyl (C=O) groups is 1. The summed E-state index contributed by atoms with van der Waals surface area (Å²) >= 11 is 0. The van der Waals surface area contributed by atoms with Gasteiger partial charge in [0.05, 0.1) is 15.4 Å². The second-order valence-corrected chi connectivity index (χ2v) is 18.5. The van der Waals surface area contributed by atoms with Gasteiger partial charge >= 0.3 is 0 Å². The third kappa shape index (κ3) is 11.2. The molecule has 0 spiro atoms. The van der Waals surface area contributed by atoms with Crippen molar-refractivity contribution in [3.8, 4) is 68.0 Å². The number of rotatable bonds is 11. The third-order valence-electron chi connectivity index (χ3n) is 13.7. The molecule has 382 valence electrons. The molecule has 0 N–H and O–H groups in total. The molecule has 11 aromatic carbocycles. The van der Waals surface area contributed by atoms with Crippen LogP contribution in [0, 0.1) is 32.6 Å². The molecular weight excluding hydrogens is 985 g/mol. The Morgan fingerprint density at radius 1 is 0.287 bits per heavy atom. The van der Waals surface area contributed by atoms with Gasteiger partial charge in [0.2, 0.25) is 0 Å². The maximum Gasteiger partial charge on any atom is 0.284 e. The first-order chi connectivity index (χ1) is 39.3. The lowest BCUT2D eigenvalue weighted by molar-refractivity contribution is -0.385. The predicted octanol–water partition coefficient (Wildman–Crippen LogP) is 18.3. The van der Waals surface area contributed by atoms with Gasteiger partial charge in [-0.15, -0.1) is 6.42 Å². The molecule has 12 rings (SSSR count). The number of para-hydroxylation sites is 2. The first-order valence-electron chi connectivity index (χ1n) is 25.9. The van der Waals surface area contributed by atoms with E-state index in [1.54, 1.807) is 24.3 Å². The van der Waals surface area contributed by atoms with Crippen LogP contribution in [-0.4, -0.2) is 15.6 Å². The summed E-state index contributed by atoms with van der Waals surface area (Å²) in [6, 6.07) is 97.0. The van der Waals surface area contributed by atoms with Gasteiger partial charge in [0.1, 0.15) is 5.56 Å². The lowest BCUT2D eigenvalue weighted by Crippen LogP contribution is -2.01. The minimum Gasteiger partial charge on any atom is -0.289 e. The Balaban J connectivity index is 0.000000155. The summed E-state index contributed by atoms with van der Waals surface area (Å²) in [6.45, 7) is 0. The summed E-state index contributed by atoms with van der Waals surface area (Å²) in [5.41, 5.74) is 17.6. The number of allylic oxidation sites excluding steroid dienone is 4. The SMILES string of the molecule is C#Cc1ccccc1[N+](=O)[O-].O=C1C(c2ccccc2)=C(c2ccccc2)C(c2ccccc2)=C1c1ccccc1.O=[N+]([O-])c1ccccc1-c1cc(-c2ccccc2)c(-c2ccccc2)c(-c2ccccc2)c1-c1ccccc1. The van der Waals surface area contributed by atoms with Crippen LogP contribution in [0.2, 0.25) is 0 Å². The highest BCUT2D eigenvalue weighted by atomic mass is 16.6. The summed E-state index contributed by atoms with van der Waals surface area (Å²) in [5.74, 6) is 2.31. The van der Waals surface area contributed by atoms with Gasteiger partial charge in [-0.3, -0.25) is 25.0 Å². The summed E-state index contributed by atoms with van der Waals surface area (Å²) in [4.78, 5) is 35.7. The molecule has 80 heavy (non-hydrogen) atoms. The fourth-order valence-corrected chi connectivity index (χ4v) is 10.2. The maximum atomic E-state index is 14.0. The molecule has 0 saturated carbocycles. The van der Waals surface area contributed by atoms with E-state index in [0.717, 1.165) is 94.6 Å². The molecule has 0 saturated heterocycles. The molecule has 0 aliphatic heterocycles. The Labute approximate surface area is 465 Å². The number of hydrogen-bond acceptors (Lipinski definition) is 5. The van der Waals surface area contributed by atoms with Gasteiger partial charge < -0.3 is 0 Å². The number of hydrogen-bond donors (Lipinski definition) is 0. The third-order valence-corrected chi connectivity index (χ3v) is 13.7. The van der Waals surface area contributed by atoms with Crippen LogP contribution in [0.5, 0.6) is 0 Å². The molecule has 0 heterocycles. The van der Waals surface area contributed by atoms with Crippen molar-refractivity contribution in [3.05, 3.63) is 345 Å². The lowest BCUT2D eigenvalue weighted by Gasteiger charge is -2.24. The van der Waals surface area contributed by atoms with E-state index in [0.29, 0.717) is 11.1 Å². The second-order valence-electron chi connectivity index (χ2n) is 18.5. The molecule has 7 nitrogen and oxygen atoms in total. The van der Waals surface area contributed by atoms with Crippen LogP contribution in [0.1, 0.15) is 27.8 Å². The van der Waals surface area contributed by atoms with Gasteiger partial charge in [0, 0.05) is 34.4 Å². The number of carbonyl (C=O) groups excluding carboxylic acids is 1. The van der Waals surface area contributed by atoms with Crippen LogP contribution < -0.4 is 0 Å². The number of terminal acetylenes is 1. The van der Waals surface area contributed by atoms with Gasteiger partial charge in [-0.25, -0.2) is 0 Å². The van der Waals surface area contributed by atoms with E-state index in [9.17, 15) is 25.0 Å². The van der Waals surface area contributed by atoms with Crippen LogP contribution in [-0.2, 0) is 4.79 Å². The average molecular weight is 1040 g/mol. The lowest BCUT2D eigenvalue weighted by atomic mass is 9.78. The van der Waals surface area contributed by atoms with Crippen molar-refractivity contribution < 1.29 is 14.6 Å². The fourth-order valence-electron chi connectivity index (χ4n) is 10.2. The molecule has 0 radical (unpaired) electrons. The van der Waals surface area contributed by atoms with Crippen molar-refractivity contribution in [1.82, 2.24) is 0 Å². The van der Waals surface area contributed by atoms with Gasteiger partial charge in [0.15, 0.2) is 5.78 Å². The first kappa shape index (κ1) is 52.4. The standard InChI is InChI=1S/C36H25NO2.C29H20O.C8H5NO2/c38-37(39)33-24-14-13-23-30(33)32-25-31(26-15-5-1-6-16-26)34(27-17-7-2-8-18-27)36(29-21-11-4-12-22-29)35(32)28-19-9-3-10-20-28;30-29-27(23-17-9-3-10-18-23)25(21-13-5-1-6-14-21)26(22-15-7-2-8-16-22)28(29)24-19-11-4-12-20-24;1-2-7-5-3-4-6-8(7)9(10)11/h1-25H;1-20H;1,3-6H. The summed E-state index contributed by atoms with van der Waals surface area (Å²) in [7, 11) is 0. The Morgan fingerprint density at radius 3 is 0.938 bits per heavy atom. The molecule has 11 aromatic rings. The predicted molar refractivity (Wildman–Crippen MR) is 326 cm³/mol. The normalized spacial score (nSPS) is 11.6. The summed E-state index contributed by atoms with van der Waals surface area (Å²) in [5, 5.41) is 22.5. The molecule has 1 aliphatic carbocycles. The number of nitro groups is 2. The molecule has 0 aromatic heterocycles. The van der Waals surface area contributed by atoms with E-state index >= 15 is 0 Å². The Bertz CT molecular complexity index is 3990. The zero-order valence-electron chi connectivity index (χ0n) is 43.3. The highest BCUT2D eigenvalue weighted by Crippen LogP contribution is 2.52. The molecule has 1 aliphatic rings. The summed E-state index contributed by atoms with van der Waals surface area (Å²) < 4.78 is 0. The minimum absolute atomic E-state index is 0.0185. The van der Waals surface area contributed by atoms with Gasteiger partial charge in [-0.2, -0.15) is 0 Å². The Morgan fingerprint density at radius 2 is 0.575 bits per heavy atom. The Kier molecular flexibility index (Phi) is 16.2. The summed E-state index contributed by atoms with van der Waals surface area (Å²) in [6.07, 6.45) is 5.03. The number of Topliss-reactive ketones (excluding diaryl/α,β-unsaturated/α-hetero) is 1. The molecule has 7 heteroatoms. The van der Waals surface area contributed by atoms with Crippen molar-refractivity contribution in [2.75, 3.05) is 0 Å². The molecule has 0 atom stereocenters. The topological polar surface area (TPSA) is 103 Å². The van der Waals surface area contributed by atoms with Gasteiger partial charge in [-0.05, 0) is 90.5 Å². The van der Waals surface area contributed by atoms with E-state index in [-0.39, 0.29) is 22.1 Å². The molecule has 0 unspecified atom stereocenters. The Hall–Kier alpha value is -11.1. The molecule has 0 fully saturated rings. The number of nitrogens with zero attached hydrogens (tertiary/aromatic N) is 2. The highest BCUT2D eigenvalue weighted by molar-refractivity contribution is 6.59. The van der Waals surface area contributed by atoms with E-state index in [2.05, 4.69) is 96.9 Å². The average Bonchev–Trinajstić information content (AvgIpc) is 3.68. The highest BCUT2D eigenvalue weighted by Gasteiger charge is 2.35. The van der Waals surface area contributed by atoms with Crippen LogP contribution in [0.3, 0.4) is 0 Å². The van der Waals surface area contributed by atoms with Crippen molar-refractivity contribution in [1.29, 1.82) is 0 Å². The van der Waals surface area contributed by atoms with E-state index < -0.39 is 4.92 Å². The smallest absolute Gasteiger partial charge is 0.284 e.